The molecule has 0 bridgehead atoms. The number of benzene rings is 1. The Bertz CT molecular complexity index is 352. The fraction of sp³-hybridized carbons (Fsp3) is 0.600. The normalized spacial score (nSPS) is 18.2. The Balaban J connectivity index is 1.63. The molecule has 3 nitrogen and oxygen atoms in total. The summed E-state index contributed by atoms with van der Waals surface area (Å²) in [6, 6.07) is 9.91. The molecule has 1 aromatic carbocycles. The summed E-state index contributed by atoms with van der Waals surface area (Å²) in [5.41, 5.74) is 0.0621. The zero-order valence-corrected chi connectivity index (χ0v) is 12.0. The molecule has 0 amide bonds. The minimum atomic E-state index is 0.0621. The second-order valence-electron chi connectivity index (χ2n) is 4.97. The van der Waals surface area contributed by atoms with E-state index >= 15 is 0 Å². The summed E-state index contributed by atoms with van der Waals surface area (Å²) in [6.45, 7) is 3.27. The first-order valence-corrected chi connectivity index (χ1v) is 7.45. The van der Waals surface area contributed by atoms with Crippen molar-refractivity contribution >= 4 is 11.6 Å². The van der Waals surface area contributed by atoms with Crippen molar-refractivity contribution in [3.05, 3.63) is 30.3 Å². The fourth-order valence-electron chi connectivity index (χ4n) is 2.25. The molecular weight excluding hydrogens is 262 g/mol. The van der Waals surface area contributed by atoms with E-state index in [1.807, 2.05) is 30.3 Å². The summed E-state index contributed by atoms with van der Waals surface area (Å²) in [6.07, 6.45) is 2.97. The number of nitrogens with one attached hydrogen (secondary N) is 1. The van der Waals surface area contributed by atoms with Gasteiger partial charge in [0.1, 0.15) is 5.75 Å². The van der Waals surface area contributed by atoms with Crippen molar-refractivity contribution in [3.63, 3.8) is 0 Å². The Morgan fingerprint density at radius 3 is 2.63 bits per heavy atom. The molecule has 1 heterocycles. The first-order valence-electron chi connectivity index (χ1n) is 6.91. The van der Waals surface area contributed by atoms with Crippen molar-refractivity contribution in [1.82, 2.24) is 5.32 Å². The second-order valence-corrected chi connectivity index (χ2v) is 5.24. The topological polar surface area (TPSA) is 30.5 Å². The minimum Gasteiger partial charge on any atom is -0.494 e. The van der Waals surface area contributed by atoms with E-state index in [1.54, 1.807) is 0 Å². The lowest BCUT2D eigenvalue weighted by Gasteiger charge is -2.36. The maximum absolute atomic E-state index is 6.10. The number of hydrogen-bond donors (Lipinski definition) is 1. The van der Waals surface area contributed by atoms with Crippen molar-refractivity contribution in [1.29, 1.82) is 0 Å². The summed E-state index contributed by atoms with van der Waals surface area (Å²) in [5.74, 6) is 1.58. The molecule has 2 rings (SSSR count). The lowest BCUT2D eigenvalue weighted by molar-refractivity contribution is 0.0462. The van der Waals surface area contributed by atoms with Gasteiger partial charge in [0.15, 0.2) is 0 Å². The average molecular weight is 284 g/mol. The predicted octanol–water partition coefficient (Wildman–Crippen LogP) is 2.83. The van der Waals surface area contributed by atoms with Crippen LogP contribution >= 0.6 is 11.6 Å². The highest BCUT2D eigenvalue weighted by Crippen LogP contribution is 2.22. The van der Waals surface area contributed by atoms with Gasteiger partial charge in [-0.15, -0.1) is 11.6 Å². The number of rotatable bonds is 7. The van der Waals surface area contributed by atoms with Gasteiger partial charge in [0.05, 0.1) is 6.61 Å². The number of para-hydroxylation sites is 1. The molecule has 0 radical (unpaired) electrons. The average Bonchev–Trinajstić information content (AvgIpc) is 2.49. The molecule has 1 aliphatic heterocycles. The van der Waals surface area contributed by atoms with Crippen LogP contribution in [-0.2, 0) is 4.74 Å². The SMILES string of the molecule is ClCC1(NCCCOc2ccccc2)CCOCC1. The third-order valence-corrected chi connectivity index (χ3v) is 4.05. The summed E-state index contributed by atoms with van der Waals surface area (Å²) in [5, 5.41) is 3.58. The molecule has 4 heteroatoms. The Morgan fingerprint density at radius 1 is 1.21 bits per heavy atom. The van der Waals surface area contributed by atoms with Crippen LogP contribution in [0.3, 0.4) is 0 Å². The van der Waals surface area contributed by atoms with Crippen LogP contribution in [0.4, 0.5) is 0 Å². The van der Waals surface area contributed by atoms with Crippen LogP contribution < -0.4 is 10.1 Å². The third-order valence-electron chi connectivity index (χ3n) is 3.54. The van der Waals surface area contributed by atoms with E-state index in [4.69, 9.17) is 21.1 Å². The number of halogens is 1. The van der Waals surface area contributed by atoms with Gasteiger partial charge < -0.3 is 14.8 Å². The van der Waals surface area contributed by atoms with Crippen LogP contribution in [0, 0.1) is 0 Å². The van der Waals surface area contributed by atoms with Crippen LogP contribution in [0.2, 0.25) is 0 Å². The van der Waals surface area contributed by atoms with Gasteiger partial charge in [0.25, 0.3) is 0 Å². The molecule has 0 atom stereocenters. The summed E-state index contributed by atoms with van der Waals surface area (Å²) in [7, 11) is 0. The van der Waals surface area contributed by atoms with Gasteiger partial charge >= 0.3 is 0 Å². The maximum Gasteiger partial charge on any atom is 0.119 e. The van der Waals surface area contributed by atoms with Crippen LogP contribution in [-0.4, -0.2) is 37.8 Å². The first-order chi connectivity index (χ1) is 9.35. The minimum absolute atomic E-state index is 0.0621. The van der Waals surface area contributed by atoms with E-state index in [0.29, 0.717) is 5.88 Å². The molecule has 1 aliphatic rings. The zero-order valence-electron chi connectivity index (χ0n) is 11.2. The van der Waals surface area contributed by atoms with Gasteiger partial charge in [-0.3, -0.25) is 0 Å². The van der Waals surface area contributed by atoms with Crippen molar-refractivity contribution in [3.8, 4) is 5.75 Å². The summed E-state index contributed by atoms with van der Waals surface area (Å²) in [4.78, 5) is 0. The molecule has 1 N–H and O–H groups in total. The van der Waals surface area contributed by atoms with Crippen LogP contribution in [0.5, 0.6) is 5.75 Å². The van der Waals surface area contributed by atoms with Crippen molar-refractivity contribution in [2.45, 2.75) is 24.8 Å². The van der Waals surface area contributed by atoms with Gasteiger partial charge in [-0.25, -0.2) is 0 Å². The molecule has 0 saturated carbocycles. The highest BCUT2D eigenvalue weighted by Gasteiger charge is 2.30. The highest BCUT2D eigenvalue weighted by molar-refractivity contribution is 6.18. The molecule has 106 valence electrons. The van der Waals surface area contributed by atoms with Gasteiger partial charge in [-0.2, -0.15) is 0 Å². The van der Waals surface area contributed by atoms with Gasteiger partial charge in [0.2, 0.25) is 0 Å². The molecule has 19 heavy (non-hydrogen) atoms. The second kappa shape index (κ2) is 7.73. The number of hydrogen-bond acceptors (Lipinski definition) is 3. The van der Waals surface area contributed by atoms with Gasteiger partial charge in [-0.05, 0) is 37.9 Å². The highest BCUT2D eigenvalue weighted by atomic mass is 35.5. The van der Waals surface area contributed by atoms with Gasteiger partial charge in [-0.1, -0.05) is 18.2 Å². The molecule has 0 aromatic heterocycles. The largest absolute Gasteiger partial charge is 0.494 e. The Morgan fingerprint density at radius 2 is 1.95 bits per heavy atom. The summed E-state index contributed by atoms with van der Waals surface area (Å²) >= 11 is 6.10. The zero-order chi connectivity index (χ0) is 13.4. The maximum atomic E-state index is 6.10. The van der Waals surface area contributed by atoms with Crippen LogP contribution in [0.15, 0.2) is 30.3 Å². The van der Waals surface area contributed by atoms with Crippen molar-refractivity contribution < 1.29 is 9.47 Å². The molecule has 1 aromatic rings. The molecule has 1 fully saturated rings. The lowest BCUT2D eigenvalue weighted by atomic mass is 9.92. The molecule has 0 aliphatic carbocycles. The first kappa shape index (κ1) is 14.6. The molecule has 0 spiro atoms. The van der Waals surface area contributed by atoms with Crippen molar-refractivity contribution in [2.24, 2.45) is 0 Å². The van der Waals surface area contributed by atoms with E-state index < -0.39 is 0 Å². The van der Waals surface area contributed by atoms with Crippen molar-refractivity contribution in [2.75, 3.05) is 32.2 Å². The predicted molar refractivity (Wildman–Crippen MR) is 78.1 cm³/mol. The molecular formula is C15H22ClNO2. The van der Waals surface area contributed by atoms with E-state index in [0.717, 1.165) is 51.4 Å². The van der Waals surface area contributed by atoms with E-state index in [-0.39, 0.29) is 5.54 Å². The fourth-order valence-corrected chi connectivity index (χ4v) is 2.61. The van der Waals surface area contributed by atoms with E-state index in [2.05, 4.69) is 5.32 Å². The van der Waals surface area contributed by atoms with E-state index in [9.17, 15) is 0 Å². The standard InChI is InChI=1S/C15H22ClNO2/c16-13-15(7-11-18-12-8-15)17-9-4-10-19-14-5-2-1-3-6-14/h1-3,5-6,17H,4,7-13H2. The van der Waals surface area contributed by atoms with Crippen LogP contribution in [0.1, 0.15) is 19.3 Å². The quantitative estimate of drug-likeness (QED) is 0.617. The van der Waals surface area contributed by atoms with Gasteiger partial charge in [0, 0.05) is 24.6 Å². The van der Waals surface area contributed by atoms with Crippen LogP contribution in [0.25, 0.3) is 0 Å². The lowest BCUT2D eigenvalue weighted by Crippen LogP contribution is -2.51. The number of alkyl halides is 1. The van der Waals surface area contributed by atoms with E-state index in [1.165, 1.54) is 0 Å². The Hall–Kier alpha value is -0.770. The monoisotopic (exact) mass is 283 g/mol. The molecule has 1 saturated heterocycles. The molecule has 0 unspecified atom stereocenters. The Kier molecular flexibility index (Phi) is 5.95. The Labute approximate surface area is 120 Å². The number of ether oxygens (including phenoxy) is 2. The smallest absolute Gasteiger partial charge is 0.119 e. The third kappa shape index (κ3) is 4.68. The summed E-state index contributed by atoms with van der Waals surface area (Å²) < 4.78 is 11.1.